The zero-order valence-electron chi connectivity index (χ0n) is 13.3. The van der Waals surface area contributed by atoms with E-state index in [1.54, 1.807) is 24.3 Å². The summed E-state index contributed by atoms with van der Waals surface area (Å²) in [6.45, 7) is 0. The maximum atomic E-state index is 12.7. The number of hydrogen-bond acceptors (Lipinski definition) is 2. The predicted molar refractivity (Wildman–Crippen MR) is 91.8 cm³/mol. The zero-order valence-corrected chi connectivity index (χ0v) is 14.1. The van der Waals surface area contributed by atoms with Gasteiger partial charge >= 0.3 is 6.36 Å². The number of hydrogen-bond donors (Lipinski definition) is 2. The molecule has 4 N–H and O–H groups in total. The van der Waals surface area contributed by atoms with Gasteiger partial charge in [-0.2, -0.15) is 4.99 Å². The van der Waals surface area contributed by atoms with Crippen LogP contribution in [0.25, 0.3) is 0 Å². The van der Waals surface area contributed by atoms with Crippen molar-refractivity contribution in [1.82, 2.24) is 0 Å². The van der Waals surface area contributed by atoms with Gasteiger partial charge < -0.3 is 16.2 Å². The first-order chi connectivity index (χ1) is 12.2. The van der Waals surface area contributed by atoms with Crippen LogP contribution in [0.2, 0.25) is 5.02 Å². The number of guanidine groups is 1. The first-order valence-corrected chi connectivity index (χ1v) is 7.76. The molecule has 0 aliphatic heterocycles. The largest absolute Gasteiger partial charge is 0.573 e. The molecule has 138 valence electrons. The lowest BCUT2D eigenvalue weighted by molar-refractivity contribution is -0.275. The van der Waals surface area contributed by atoms with Gasteiger partial charge in [-0.3, -0.25) is 4.79 Å². The highest BCUT2D eigenvalue weighted by atomic mass is 35.5. The minimum Gasteiger partial charge on any atom is -0.405 e. The third kappa shape index (κ3) is 5.38. The summed E-state index contributed by atoms with van der Waals surface area (Å²) in [5, 5.41) is 0.365. The van der Waals surface area contributed by atoms with Crippen molar-refractivity contribution in [3.8, 4) is 5.75 Å². The second kappa shape index (κ2) is 8.09. The van der Waals surface area contributed by atoms with Crippen LogP contribution in [-0.2, 0) is 11.2 Å². The van der Waals surface area contributed by atoms with Crippen LogP contribution in [-0.4, -0.2) is 18.2 Å². The van der Waals surface area contributed by atoms with Gasteiger partial charge in [-0.25, -0.2) is 0 Å². The van der Waals surface area contributed by atoms with Crippen LogP contribution >= 0.6 is 11.6 Å². The Morgan fingerprint density at radius 2 is 1.73 bits per heavy atom. The normalized spacial score (nSPS) is 12.3. The standard InChI is InChI=1S/C17H15ClF3N3O2/c18-13-7-3-1-5-10(13)9-12(15(25)24-16(22)23)11-6-2-4-8-14(11)26-17(19,20)21/h1-8,12H,9H2,(H4,22,23,24,25)/t12-/m0/s1. The minimum atomic E-state index is -4.91. The van der Waals surface area contributed by atoms with Crippen molar-refractivity contribution < 1.29 is 22.7 Å². The van der Waals surface area contributed by atoms with Crippen molar-refractivity contribution in [2.24, 2.45) is 16.5 Å². The maximum Gasteiger partial charge on any atom is 0.573 e. The molecule has 0 saturated heterocycles. The van der Waals surface area contributed by atoms with Gasteiger partial charge in [-0.05, 0) is 24.1 Å². The molecule has 0 aromatic heterocycles. The number of benzene rings is 2. The Balaban J connectivity index is 2.50. The van der Waals surface area contributed by atoms with Crippen LogP contribution in [0.5, 0.6) is 5.75 Å². The lowest BCUT2D eigenvalue weighted by Gasteiger charge is -2.19. The molecule has 0 aliphatic carbocycles. The Morgan fingerprint density at radius 1 is 1.12 bits per heavy atom. The average molecular weight is 386 g/mol. The average Bonchev–Trinajstić information content (AvgIpc) is 2.53. The molecule has 0 radical (unpaired) electrons. The Morgan fingerprint density at radius 3 is 2.35 bits per heavy atom. The van der Waals surface area contributed by atoms with E-state index in [0.29, 0.717) is 10.6 Å². The lowest BCUT2D eigenvalue weighted by Crippen LogP contribution is -2.27. The quantitative estimate of drug-likeness (QED) is 0.610. The van der Waals surface area contributed by atoms with E-state index in [1.165, 1.54) is 18.2 Å². The van der Waals surface area contributed by atoms with E-state index < -0.39 is 29.9 Å². The van der Waals surface area contributed by atoms with Crippen molar-refractivity contribution in [2.45, 2.75) is 18.7 Å². The number of para-hydroxylation sites is 1. The molecule has 0 aliphatic rings. The summed E-state index contributed by atoms with van der Waals surface area (Å²) in [5.41, 5.74) is 11.0. The van der Waals surface area contributed by atoms with E-state index in [1.807, 2.05) is 0 Å². The molecule has 9 heteroatoms. The third-order valence-electron chi connectivity index (χ3n) is 3.44. The number of alkyl halides is 3. The fraction of sp³-hybridized carbons (Fsp3) is 0.176. The number of carbonyl (C=O) groups is 1. The van der Waals surface area contributed by atoms with E-state index in [2.05, 4.69) is 9.73 Å². The van der Waals surface area contributed by atoms with Crippen molar-refractivity contribution in [3.63, 3.8) is 0 Å². The molecule has 1 amide bonds. The summed E-state index contributed by atoms with van der Waals surface area (Å²) >= 11 is 6.10. The number of nitrogens with two attached hydrogens (primary N) is 2. The van der Waals surface area contributed by atoms with Crippen LogP contribution in [0.15, 0.2) is 53.5 Å². The van der Waals surface area contributed by atoms with Crippen molar-refractivity contribution in [1.29, 1.82) is 0 Å². The number of carbonyl (C=O) groups excluding carboxylic acids is 1. The highest BCUT2D eigenvalue weighted by Gasteiger charge is 2.34. The monoisotopic (exact) mass is 385 g/mol. The van der Waals surface area contributed by atoms with Crippen LogP contribution in [0.1, 0.15) is 17.0 Å². The number of rotatable bonds is 5. The number of halogens is 4. The van der Waals surface area contributed by atoms with Gasteiger partial charge in [0.05, 0.1) is 5.92 Å². The molecular weight excluding hydrogens is 371 g/mol. The molecular formula is C17H15ClF3N3O2. The number of aliphatic imine (C=N–C) groups is 1. The fourth-order valence-corrected chi connectivity index (χ4v) is 2.62. The minimum absolute atomic E-state index is 0.000236. The van der Waals surface area contributed by atoms with Gasteiger partial charge in [0.1, 0.15) is 5.75 Å². The molecule has 0 heterocycles. The summed E-state index contributed by atoms with van der Waals surface area (Å²) in [6.07, 6.45) is -4.92. The van der Waals surface area contributed by atoms with Gasteiger partial charge in [0.2, 0.25) is 0 Å². The second-order valence-corrected chi connectivity index (χ2v) is 5.72. The van der Waals surface area contributed by atoms with E-state index in [0.717, 1.165) is 6.07 Å². The van der Waals surface area contributed by atoms with Gasteiger partial charge in [0.15, 0.2) is 5.96 Å². The summed E-state index contributed by atoms with van der Waals surface area (Å²) in [5.74, 6) is -2.91. The maximum absolute atomic E-state index is 12.7. The zero-order chi connectivity index (χ0) is 19.3. The molecule has 0 saturated carbocycles. The molecule has 0 unspecified atom stereocenters. The van der Waals surface area contributed by atoms with Crippen LogP contribution in [0.3, 0.4) is 0 Å². The summed E-state index contributed by atoms with van der Waals surface area (Å²) < 4.78 is 42.1. The molecule has 1 atom stereocenters. The molecule has 0 spiro atoms. The Hall–Kier alpha value is -2.74. The van der Waals surface area contributed by atoms with E-state index in [-0.39, 0.29) is 12.0 Å². The molecule has 0 fully saturated rings. The van der Waals surface area contributed by atoms with Crippen molar-refractivity contribution >= 4 is 23.5 Å². The number of nitrogens with zero attached hydrogens (tertiary/aromatic N) is 1. The molecule has 2 rings (SSSR count). The Bertz CT molecular complexity index is 821. The summed E-state index contributed by atoms with van der Waals surface area (Å²) in [4.78, 5) is 15.9. The van der Waals surface area contributed by atoms with Gasteiger partial charge in [-0.15, -0.1) is 13.2 Å². The highest BCUT2D eigenvalue weighted by Crippen LogP contribution is 2.35. The topological polar surface area (TPSA) is 90.7 Å². The molecule has 5 nitrogen and oxygen atoms in total. The molecule has 26 heavy (non-hydrogen) atoms. The smallest absolute Gasteiger partial charge is 0.405 e. The van der Waals surface area contributed by atoms with Crippen LogP contribution in [0, 0.1) is 0 Å². The second-order valence-electron chi connectivity index (χ2n) is 5.31. The van der Waals surface area contributed by atoms with Crippen LogP contribution < -0.4 is 16.2 Å². The van der Waals surface area contributed by atoms with Gasteiger partial charge in [0.25, 0.3) is 5.91 Å². The first-order valence-electron chi connectivity index (χ1n) is 7.39. The lowest BCUT2D eigenvalue weighted by atomic mass is 9.90. The first kappa shape index (κ1) is 19.6. The SMILES string of the molecule is NC(N)=NC(=O)[C@@H](Cc1ccccc1Cl)c1ccccc1OC(F)(F)F. The summed E-state index contributed by atoms with van der Waals surface area (Å²) in [6, 6.07) is 12.0. The third-order valence-corrected chi connectivity index (χ3v) is 3.81. The van der Waals surface area contributed by atoms with E-state index in [4.69, 9.17) is 23.1 Å². The van der Waals surface area contributed by atoms with E-state index in [9.17, 15) is 18.0 Å². The number of amides is 1. The Labute approximate surface area is 152 Å². The van der Waals surface area contributed by atoms with E-state index >= 15 is 0 Å². The van der Waals surface area contributed by atoms with Gasteiger partial charge in [0, 0.05) is 10.6 Å². The Kier molecular flexibility index (Phi) is 6.10. The summed E-state index contributed by atoms with van der Waals surface area (Å²) in [7, 11) is 0. The molecule has 0 bridgehead atoms. The van der Waals surface area contributed by atoms with Crippen molar-refractivity contribution in [2.75, 3.05) is 0 Å². The highest BCUT2D eigenvalue weighted by molar-refractivity contribution is 6.31. The van der Waals surface area contributed by atoms with Gasteiger partial charge in [-0.1, -0.05) is 48.0 Å². The molecule has 2 aromatic rings. The molecule has 2 aromatic carbocycles. The number of ether oxygens (including phenoxy) is 1. The predicted octanol–water partition coefficient (Wildman–Crippen LogP) is 3.36. The fourth-order valence-electron chi connectivity index (χ4n) is 2.41. The van der Waals surface area contributed by atoms with Crippen LogP contribution in [0.4, 0.5) is 13.2 Å². The van der Waals surface area contributed by atoms with Crippen molar-refractivity contribution in [3.05, 3.63) is 64.7 Å².